The van der Waals surface area contributed by atoms with Crippen LogP contribution in [0.4, 0.5) is 0 Å². The third-order valence-electron chi connectivity index (χ3n) is 3.58. The van der Waals surface area contributed by atoms with Gasteiger partial charge in [-0.15, -0.1) is 11.3 Å². The second kappa shape index (κ2) is 8.75. The molecule has 1 aromatic heterocycles. The predicted octanol–water partition coefficient (Wildman–Crippen LogP) is 4.80. The van der Waals surface area contributed by atoms with Gasteiger partial charge in [0.05, 0.1) is 16.7 Å². The Morgan fingerprint density at radius 1 is 1.15 bits per heavy atom. The Labute approximate surface area is 168 Å². The van der Waals surface area contributed by atoms with Crippen molar-refractivity contribution in [2.24, 2.45) is 5.10 Å². The minimum absolute atomic E-state index is 0.297. The van der Waals surface area contributed by atoms with Crippen molar-refractivity contribution in [2.75, 3.05) is 0 Å². The number of halogens is 1. The molecule has 0 aliphatic rings. The fourth-order valence-electron chi connectivity index (χ4n) is 2.18. The first kappa shape index (κ1) is 19.0. The second-order valence-corrected chi connectivity index (χ2v) is 7.48. The Hall–Kier alpha value is -2.77. The number of ether oxygens (including phenoxy) is 1. The molecule has 27 heavy (non-hydrogen) atoms. The lowest BCUT2D eigenvalue weighted by Gasteiger charge is -2.08. The van der Waals surface area contributed by atoms with Gasteiger partial charge in [-0.3, -0.25) is 4.79 Å². The third kappa shape index (κ3) is 5.12. The average molecular weight is 443 g/mol. The van der Waals surface area contributed by atoms with Crippen molar-refractivity contribution in [3.63, 3.8) is 0 Å². The molecule has 0 atom stereocenters. The van der Waals surface area contributed by atoms with Gasteiger partial charge in [0.15, 0.2) is 0 Å². The highest BCUT2D eigenvalue weighted by atomic mass is 79.9. The first-order chi connectivity index (χ1) is 13.0. The molecule has 136 valence electrons. The number of nitrogens with one attached hydrogen (secondary N) is 1. The van der Waals surface area contributed by atoms with Gasteiger partial charge in [0, 0.05) is 10.0 Å². The zero-order valence-electron chi connectivity index (χ0n) is 14.3. The van der Waals surface area contributed by atoms with Gasteiger partial charge in [0.25, 0.3) is 5.91 Å². The minimum atomic E-state index is -0.463. The fraction of sp³-hybridized carbons (Fsp3) is 0.0500. The highest BCUT2D eigenvalue weighted by Crippen LogP contribution is 2.23. The molecule has 1 amide bonds. The number of benzene rings is 2. The number of aryl methyl sites for hydroxylation is 1. The van der Waals surface area contributed by atoms with E-state index in [2.05, 4.69) is 26.5 Å². The molecule has 3 rings (SSSR count). The summed E-state index contributed by atoms with van der Waals surface area (Å²) < 4.78 is 6.29. The summed E-state index contributed by atoms with van der Waals surface area (Å²) in [7, 11) is 0. The molecule has 3 aromatic rings. The number of rotatable bonds is 5. The number of hydrogen-bond donors (Lipinski definition) is 1. The van der Waals surface area contributed by atoms with Crippen molar-refractivity contribution in [1.29, 1.82) is 0 Å². The first-order valence-electron chi connectivity index (χ1n) is 7.98. The van der Waals surface area contributed by atoms with Crippen LogP contribution in [-0.4, -0.2) is 18.1 Å². The molecule has 0 saturated heterocycles. The van der Waals surface area contributed by atoms with Crippen molar-refractivity contribution in [1.82, 2.24) is 5.43 Å². The number of esters is 1. The number of carbonyl (C=O) groups excluding carboxylic acids is 2. The van der Waals surface area contributed by atoms with Crippen LogP contribution in [-0.2, 0) is 0 Å². The summed E-state index contributed by atoms with van der Waals surface area (Å²) in [6.07, 6.45) is 1.44. The van der Waals surface area contributed by atoms with Gasteiger partial charge in [-0.1, -0.05) is 39.7 Å². The molecule has 0 aliphatic heterocycles. The van der Waals surface area contributed by atoms with E-state index >= 15 is 0 Å². The van der Waals surface area contributed by atoms with Crippen LogP contribution in [0, 0.1) is 6.92 Å². The summed E-state index contributed by atoms with van der Waals surface area (Å²) >= 11 is 4.71. The van der Waals surface area contributed by atoms with Crippen molar-refractivity contribution in [2.45, 2.75) is 6.92 Å². The summed E-state index contributed by atoms with van der Waals surface area (Å²) in [6, 6.07) is 15.8. The van der Waals surface area contributed by atoms with Crippen LogP contribution in [0.15, 0.2) is 69.6 Å². The minimum Gasteiger partial charge on any atom is -0.422 e. The molecule has 5 nitrogen and oxygen atoms in total. The van der Waals surface area contributed by atoms with E-state index in [0.717, 1.165) is 10.0 Å². The molecular weight excluding hydrogens is 428 g/mol. The maximum atomic E-state index is 12.4. The Balaban J connectivity index is 1.74. The molecule has 1 N–H and O–H groups in total. The van der Waals surface area contributed by atoms with Crippen LogP contribution in [0.25, 0.3) is 0 Å². The molecule has 0 spiro atoms. The standard InChI is InChI=1S/C20H15BrN2O3S/c1-13-4-6-14(7-5-13)20(25)26-17-9-8-16(21)11-15(17)12-22-23-19(24)18-3-2-10-27-18/h2-12H,1H3,(H,23,24)/b22-12+. The van der Waals surface area contributed by atoms with Gasteiger partial charge in [0.2, 0.25) is 0 Å². The van der Waals surface area contributed by atoms with E-state index < -0.39 is 5.97 Å². The SMILES string of the molecule is Cc1ccc(C(=O)Oc2ccc(Br)cc2/C=N/NC(=O)c2cccs2)cc1. The molecule has 0 aliphatic carbocycles. The number of thiophene rings is 1. The van der Waals surface area contributed by atoms with E-state index in [-0.39, 0.29) is 5.91 Å². The molecule has 1 heterocycles. The maximum absolute atomic E-state index is 12.4. The zero-order chi connectivity index (χ0) is 19.2. The number of carbonyl (C=O) groups is 2. The number of nitrogens with zero attached hydrogens (tertiary/aromatic N) is 1. The molecule has 0 saturated carbocycles. The quantitative estimate of drug-likeness (QED) is 0.267. The van der Waals surface area contributed by atoms with Crippen LogP contribution in [0.5, 0.6) is 5.75 Å². The van der Waals surface area contributed by atoms with E-state index in [9.17, 15) is 9.59 Å². The van der Waals surface area contributed by atoms with Crippen molar-refractivity contribution < 1.29 is 14.3 Å². The van der Waals surface area contributed by atoms with E-state index in [4.69, 9.17) is 4.74 Å². The normalized spacial score (nSPS) is 10.7. The van der Waals surface area contributed by atoms with Gasteiger partial charge in [0.1, 0.15) is 5.75 Å². The predicted molar refractivity (Wildman–Crippen MR) is 110 cm³/mol. The van der Waals surface area contributed by atoms with Crippen LogP contribution >= 0.6 is 27.3 Å². The Morgan fingerprint density at radius 2 is 1.93 bits per heavy atom. The zero-order valence-corrected chi connectivity index (χ0v) is 16.7. The monoisotopic (exact) mass is 442 g/mol. The molecule has 2 aromatic carbocycles. The maximum Gasteiger partial charge on any atom is 0.343 e. The van der Waals surface area contributed by atoms with E-state index in [0.29, 0.717) is 21.8 Å². The van der Waals surface area contributed by atoms with Crippen LogP contribution in [0.1, 0.15) is 31.2 Å². The topological polar surface area (TPSA) is 67.8 Å². The van der Waals surface area contributed by atoms with Crippen LogP contribution < -0.4 is 10.2 Å². The van der Waals surface area contributed by atoms with Gasteiger partial charge in [-0.05, 0) is 48.7 Å². The van der Waals surface area contributed by atoms with Gasteiger partial charge < -0.3 is 4.74 Å². The largest absolute Gasteiger partial charge is 0.422 e. The molecule has 7 heteroatoms. The number of hydrazone groups is 1. The molecular formula is C20H15BrN2O3S. The second-order valence-electron chi connectivity index (χ2n) is 5.61. The van der Waals surface area contributed by atoms with E-state index in [1.807, 2.05) is 24.4 Å². The highest BCUT2D eigenvalue weighted by Gasteiger charge is 2.12. The number of amides is 1. The van der Waals surface area contributed by atoms with E-state index in [1.54, 1.807) is 42.5 Å². The smallest absolute Gasteiger partial charge is 0.343 e. The number of hydrogen-bond acceptors (Lipinski definition) is 5. The van der Waals surface area contributed by atoms with Gasteiger partial charge in [-0.2, -0.15) is 5.10 Å². The molecule has 0 unspecified atom stereocenters. The Kier molecular flexibility index (Phi) is 6.16. The Morgan fingerprint density at radius 3 is 2.63 bits per heavy atom. The van der Waals surface area contributed by atoms with Gasteiger partial charge in [-0.25, -0.2) is 10.2 Å². The van der Waals surface area contributed by atoms with Crippen molar-refractivity contribution in [3.8, 4) is 5.75 Å². The van der Waals surface area contributed by atoms with Crippen molar-refractivity contribution in [3.05, 3.63) is 86.0 Å². The lowest BCUT2D eigenvalue weighted by atomic mass is 10.1. The average Bonchev–Trinajstić information content (AvgIpc) is 3.19. The summed E-state index contributed by atoms with van der Waals surface area (Å²) in [5, 5.41) is 5.78. The van der Waals surface area contributed by atoms with Crippen LogP contribution in [0.2, 0.25) is 0 Å². The summed E-state index contributed by atoms with van der Waals surface area (Å²) in [5.74, 6) is -0.415. The third-order valence-corrected chi connectivity index (χ3v) is 4.94. The summed E-state index contributed by atoms with van der Waals surface area (Å²) in [4.78, 5) is 24.8. The summed E-state index contributed by atoms with van der Waals surface area (Å²) in [5.41, 5.74) is 4.52. The molecule has 0 radical (unpaired) electrons. The van der Waals surface area contributed by atoms with E-state index in [1.165, 1.54) is 17.6 Å². The van der Waals surface area contributed by atoms with Crippen LogP contribution in [0.3, 0.4) is 0 Å². The van der Waals surface area contributed by atoms with Gasteiger partial charge >= 0.3 is 5.97 Å². The lowest BCUT2D eigenvalue weighted by molar-refractivity contribution is 0.0734. The Bertz CT molecular complexity index is 983. The first-order valence-corrected chi connectivity index (χ1v) is 9.65. The highest BCUT2D eigenvalue weighted by molar-refractivity contribution is 9.10. The molecule has 0 bridgehead atoms. The lowest BCUT2D eigenvalue weighted by Crippen LogP contribution is -2.16. The summed E-state index contributed by atoms with van der Waals surface area (Å²) in [6.45, 7) is 1.95. The fourth-order valence-corrected chi connectivity index (χ4v) is 3.18. The van der Waals surface area contributed by atoms with Crippen molar-refractivity contribution >= 4 is 45.4 Å². The molecule has 0 fully saturated rings.